The molecule has 0 spiro atoms. The first-order chi connectivity index (χ1) is 30.4. The summed E-state index contributed by atoms with van der Waals surface area (Å²) >= 11 is 0. The Morgan fingerprint density at radius 2 is 1.66 bits per heavy atom. The van der Waals surface area contributed by atoms with Crippen LogP contribution in [0.2, 0.25) is 0 Å². The summed E-state index contributed by atoms with van der Waals surface area (Å²) in [5.41, 5.74) is 0.557. The number of Topliss-reactive ketones (excluding diaryl/α,β-unsaturated/α-hetero) is 1. The first kappa shape index (κ1) is 49.2. The third-order valence-corrected chi connectivity index (χ3v) is 11.6. The zero-order valence-corrected chi connectivity index (χ0v) is 37.8. The molecule has 0 radical (unpaired) electrons. The number of nitrogens with one attached hydrogen (secondary N) is 4. The molecule has 4 bridgehead atoms. The topological polar surface area (TPSA) is 219 Å². The Balaban J connectivity index is 1.32. The van der Waals surface area contributed by atoms with Gasteiger partial charge in [-0.05, 0) is 82.1 Å². The Labute approximate surface area is 375 Å². The van der Waals surface area contributed by atoms with Crippen molar-refractivity contribution in [2.24, 2.45) is 11.8 Å². The van der Waals surface area contributed by atoms with Gasteiger partial charge in [0.2, 0.25) is 35.3 Å². The molecule has 4 N–H and O–H groups in total. The van der Waals surface area contributed by atoms with Gasteiger partial charge in [-0.3, -0.25) is 38.4 Å². The molecule has 5 atom stereocenters. The lowest BCUT2D eigenvalue weighted by atomic mass is 9.78. The van der Waals surface area contributed by atoms with E-state index in [0.29, 0.717) is 62.0 Å². The number of esters is 1. The lowest BCUT2D eigenvalue weighted by Crippen LogP contribution is -2.58. The average Bonchev–Trinajstić information content (AvgIpc) is 3.69. The van der Waals surface area contributed by atoms with E-state index in [1.807, 2.05) is 0 Å². The number of hydrogen-bond acceptors (Lipinski definition) is 11. The van der Waals surface area contributed by atoms with Gasteiger partial charge in [-0.15, -0.1) is 0 Å². The second kappa shape index (κ2) is 22.7. The predicted octanol–water partition coefficient (Wildman–Crippen LogP) is 2.55. The van der Waals surface area contributed by atoms with Crippen LogP contribution in [0.5, 0.6) is 5.75 Å². The van der Waals surface area contributed by atoms with E-state index in [-0.39, 0.29) is 50.2 Å². The number of carbonyl (C=O) groups excluding carboxylic acids is 8. The number of fused-ring (bicyclic) bond motifs is 4. The molecular formula is C47H64N6O11. The van der Waals surface area contributed by atoms with Crippen LogP contribution in [0.4, 0.5) is 0 Å². The standard InChI is InChI=1S/C47H64N6O11/c1-7-13-35(41(56)43(58)48-27-38(55)51-39(44(59)52(5)6)30-15-9-8-10-16-30)49-42(57)36-26-34-28-53(36)45(60)40(31-18-20-32(21-19-31)46(61)64-47(2,3)4)50-37(54)25-29-14-11-17-33(24-29)62-22-12-23-63-34/h8-11,14-17,24,31-32,34-36,39-40H,7,12-13,18-23,25-28H2,1-6H3,(H,48,58)(H,49,57)(H,50,54)(H,51,55)/t31?,32?,34-,35?,36+,39+,40?/m1/s1. The summed E-state index contributed by atoms with van der Waals surface area (Å²) in [6.07, 6.45) is 2.24. The second-order valence-corrected chi connectivity index (χ2v) is 18.0. The van der Waals surface area contributed by atoms with E-state index < -0.39 is 83.6 Å². The van der Waals surface area contributed by atoms with E-state index in [9.17, 15) is 38.4 Å². The summed E-state index contributed by atoms with van der Waals surface area (Å²) in [5, 5.41) is 10.6. The van der Waals surface area contributed by atoms with Crippen LogP contribution in [0.15, 0.2) is 54.6 Å². The molecule has 5 rings (SSSR count). The van der Waals surface area contributed by atoms with Gasteiger partial charge < -0.3 is 45.3 Å². The number of likely N-dealkylation sites (N-methyl/N-ethyl adjacent to an activating group) is 1. The maximum atomic E-state index is 14.9. The summed E-state index contributed by atoms with van der Waals surface area (Å²) < 4.78 is 17.8. The maximum Gasteiger partial charge on any atom is 0.309 e. The minimum atomic E-state index is -1.29. The highest BCUT2D eigenvalue weighted by Gasteiger charge is 2.46. The van der Waals surface area contributed by atoms with Crippen molar-refractivity contribution in [2.75, 3.05) is 40.4 Å². The Morgan fingerprint density at radius 3 is 2.33 bits per heavy atom. The van der Waals surface area contributed by atoms with E-state index >= 15 is 0 Å². The van der Waals surface area contributed by atoms with E-state index in [1.54, 1.807) is 96.4 Å². The van der Waals surface area contributed by atoms with Crippen LogP contribution in [0.25, 0.3) is 0 Å². The number of rotatable bonds is 13. The molecule has 3 aliphatic rings. The van der Waals surface area contributed by atoms with Gasteiger partial charge in [0.1, 0.15) is 29.5 Å². The number of hydrogen-bond donors (Lipinski definition) is 4. The normalized spacial score (nSPS) is 22.7. The van der Waals surface area contributed by atoms with Gasteiger partial charge in [0.15, 0.2) is 0 Å². The molecular weight excluding hydrogens is 825 g/mol. The quantitative estimate of drug-likeness (QED) is 0.169. The van der Waals surface area contributed by atoms with Gasteiger partial charge in [0.25, 0.3) is 5.91 Å². The molecule has 2 aromatic carbocycles. The number of ketones is 1. The molecule has 6 amide bonds. The summed E-state index contributed by atoms with van der Waals surface area (Å²) in [6.45, 7) is 7.21. The van der Waals surface area contributed by atoms with Gasteiger partial charge in [-0.1, -0.05) is 55.8 Å². The molecule has 17 heteroatoms. The highest BCUT2D eigenvalue weighted by molar-refractivity contribution is 6.38. The number of amides is 6. The lowest BCUT2D eigenvalue weighted by Gasteiger charge is -2.36. The lowest BCUT2D eigenvalue weighted by molar-refractivity contribution is -0.161. The van der Waals surface area contributed by atoms with Crippen LogP contribution in [0.3, 0.4) is 0 Å². The Kier molecular flexibility index (Phi) is 17.4. The van der Waals surface area contributed by atoms with Crippen molar-refractivity contribution >= 4 is 47.2 Å². The van der Waals surface area contributed by atoms with Gasteiger partial charge in [-0.2, -0.15) is 0 Å². The first-order valence-corrected chi connectivity index (χ1v) is 22.3. The van der Waals surface area contributed by atoms with Crippen molar-refractivity contribution < 1.29 is 52.6 Å². The van der Waals surface area contributed by atoms with E-state index in [0.717, 1.165) is 0 Å². The third-order valence-electron chi connectivity index (χ3n) is 11.6. The molecule has 2 aliphatic heterocycles. The molecule has 0 aromatic heterocycles. The number of nitrogens with zero attached hydrogens (tertiary/aromatic N) is 2. The second-order valence-electron chi connectivity index (χ2n) is 18.0. The number of benzene rings is 2. The average molecular weight is 889 g/mol. The van der Waals surface area contributed by atoms with Crippen molar-refractivity contribution in [3.63, 3.8) is 0 Å². The maximum absolute atomic E-state index is 14.9. The third kappa shape index (κ3) is 13.8. The number of ether oxygens (including phenoxy) is 3. The Hall–Kier alpha value is -5.84. The van der Waals surface area contributed by atoms with Crippen LogP contribution in [-0.2, 0) is 54.3 Å². The molecule has 1 saturated carbocycles. The minimum absolute atomic E-state index is 0.0265. The van der Waals surface area contributed by atoms with Gasteiger partial charge in [-0.25, -0.2) is 0 Å². The molecule has 1 saturated heterocycles. The smallest absolute Gasteiger partial charge is 0.309 e. The molecule has 1 aliphatic carbocycles. The molecule has 2 heterocycles. The molecule has 2 aromatic rings. The summed E-state index contributed by atoms with van der Waals surface area (Å²) in [4.78, 5) is 111. The first-order valence-electron chi connectivity index (χ1n) is 22.3. The Morgan fingerprint density at radius 1 is 0.938 bits per heavy atom. The van der Waals surface area contributed by atoms with Crippen LogP contribution in [0.1, 0.15) is 96.2 Å². The molecule has 17 nitrogen and oxygen atoms in total. The molecule has 2 fully saturated rings. The van der Waals surface area contributed by atoms with Crippen molar-refractivity contribution in [3.8, 4) is 5.75 Å². The fourth-order valence-electron chi connectivity index (χ4n) is 8.33. The van der Waals surface area contributed by atoms with Gasteiger partial charge >= 0.3 is 5.97 Å². The van der Waals surface area contributed by atoms with Crippen molar-refractivity contribution in [3.05, 3.63) is 65.7 Å². The van der Waals surface area contributed by atoms with Crippen LogP contribution >= 0.6 is 0 Å². The van der Waals surface area contributed by atoms with Crippen molar-refractivity contribution in [1.29, 1.82) is 0 Å². The van der Waals surface area contributed by atoms with E-state index in [1.165, 1.54) is 9.80 Å². The van der Waals surface area contributed by atoms with Crippen molar-refractivity contribution in [1.82, 2.24) is 31.1 Å². The SMILES string of the molecule is CCCC(NC(=O)[C@@H]1C[C@@H]2CN1C(=O)C(C1CCC(C(=O)OC(C)(C)C)CC1)NC(=O)Cc1cccc(c1)OCCCO2)C(=O)C(=O)NCC(=O)N[C@H](C(=O)N(C)C)c1ccccc1. The fourth-order valence-corrected chi connectivity index (χ4v) is 8.33. The predicted molar refractivity (Wildman–Crippen MR) is 234 cm³/mol. The van der Waals surface area contributed by atoms with Gasteiger partial charge in [0.05, 0.1) is 44.2 Å². The molecule has 64 heavy (non-hydrogen) atoms. The molecule has 2 unspecified atom stereocenters. The molecule has 348 valence electrons. The Bertz CT molecular complexity index is 2000. The number of carbonyl (C=O) groups is 8. The zero-order chi connectivity index (χ0) is 46.6. The van der Waals surface area contributed by atoms with E-state index in [2.05, 4.69) is 21.3 Å². The van der Waals surface area contributed by atoms with Crippen LogP contribution in [-0.4, -0.2) is 127 Å². The van der Waals surface area contributed by atoms with Crippen LogP contribution < -0.4 is 26.0 Å². The minimum Gasteiger partial charge on any atom is -0.493 e. The fraction of sp³-hybridized carbons (Fsp3) is 0.574. The summed E-state index contributed by atoms with van der Waals surface area (Å²) in [7, 11) is 3.10. The zero-order valence-electron chi connectivity index (χ0n) is 37.8. The largest absolute Gasteiger partial charge is 0.493 e. The highest BCUT2D eigenvalue weighted by Crippen LogP contribution is 2.34. The highest BCUT2D eigenvalue weighted by atomic mass is 16.6. The van der Waals surface area contributed by atoms with Crippen molar-refractivity contribution in [2.45, 2.75) is 121 Å². The van der Waals surface area contributed by atoms with Gasteiger partial charge in [0, 0.05) is 33.5 Å². The van der Waals surface area contributed by atoms with Crippen LogP contribution in [0, 0.1) is 11.8 Å². The van der Waals surface area contributed by atoms with E-state index in [4.69, 9.17) is 14.2 Å². The summed E-state index contributed by atoms with van der Waals surface area (Å²) in [5.74, 6) is -5.23. The summed E-state index contributed by atoms with van der Waals surface area (Å²) in [6, 6.07) is 11.3. The monoisotopic (exact) mass is 888 g/mol.